The van der Waals surface area contributed by atoms with Gasteiger partial charge in [0.15, 0.2) is 0 Å². The van der Waals surface area contributed by atoms with Crippen LogP contribution in [0.1, 0.15) is 17.2 Å². The molecule has 0 amide bonds. The zero-order chi connectivity index (χ0) is 14.3. The lowest BCUT2D eigenvalue weighted by Crippen LogP contribution is -2.12. The highest BCUT2D eigenvalue weighted by molar-refractivity contribution is 7.89. The Balaban J connectivity index is 1.86. The highest BCUT2D eigenvalue weighted by Gasteiger charge is 2.45. The summed E-state index contributed by atoms with van der Waals surface area (Å²) in [6, 6.07) is 14.2. The SMILES string of the molecule is Cc1ccc(S(=O)(=O)N2CC2c2cccc(Cl)c2)cc1. The van der Waals surface area contributed by atoms with Gasteiger partial charge in [-0.1, -0.05) is 41.4 Å². The predicted octanol–water partition coefficient (Wildman–Crippen LogP) is 3.39. The molecule has 5 heteroatoms. The number of sulfonamides is 1. The molecule has 3 rings (SSSR count). The van der Waals surface area contributed by atoms with Crippen LogP contribution in [0.4, 0.5) is 0 Å². The molecule has 3 nitrogen and oxygen atoms in total. The lowest BCUT2D eigenvalue weighted by atomic mass is 10.2. The summed E-state index contributed by atoms with van der Waals surface area (Å²) in [5, 5.41) is 0.627. The third kappa shape index (κ3) is 2.46. The van der Waals surface area contributed by atoms with Gasteiger partial charge in [-0.15, -0.1) is 0 Å². The average molecular weight is 308 g/mol. The molecular weight excluding hydrogens is 294 g/mol. The van der Waals surface area contributed by atoms with Gasteiger partial charge in [-0.2, -0.15) is 4.31 Å². The van der Waals surface area contributed by atoms with Crippen LogP contribution in [0.15, 0.2) is 53.4 Å². The standard InChI is InChI=1S/C15H14ClNO2S/c1-11-5-7-14(8-6-11)20(18,19)17-10-15(17)12-3-2-4-13(16)9-12/h2-9,15H,10H2,1H3. The van der Waals surface area contributed by atoms with E-state index in [2.05, 4.69) is 0 Å². The Labute approximate surface area is 123 Å². The van der Waals surface area contributed by atoms with E-state index in [0.717, 1.165) is 11.1 Å². The van der Waals surface area contributed by atoms with Crippen molar-refractivity contribution in [2.24, 2.45) is 0 Å². The molecule has 1 fully saturated rings. The van der Waals surface area contributed by atoms with E-state index >= 15 is 0 Å². The summed E-state index contributed by atoms with van der Waals surface area (Å²) in [7, 11) is -3.40. The van der Waals surface area contributed by atoms with Gasteiger partial charge in [-0.25, -0.2) is 8.42 Å². The Morgan fingerprint density at radius 2 is 1.85 bits per heavy atom. The van der Waals surface area contributed by atoms with Crippen molar-refractivity contribution in [1.82, 2.24) is 4.31 Å². The van der Waals surface area contributed by atoms with Crippen molar-refractivity contribution in [2.45, 2.75) is 17.9 Å². The molecule has 2 aromatic carbocycles. The second-order valence-electron chi connectivity index (χ2n) is 4.96. The first kappa shape index (κ1) is 13.6. The molecule has 0 N–H and O–H groups in total. The minimum Gasteiger partial charge on any atom is -0.207 e. The molecule has 1 aliphatic heterocycles. The second-order valence-corrected chi connectivity index (χ2v) is 7.29. The number of hydrogen-bond acceptors (Lipinski definition) is 2. The Hall–Kier alpha value is -1.36. The Morgan fingerprint density at radius 1 is 1.15 bits per heavy atom. The number of rotatable bonds is 3. The highest BCUT2D eigenvalue weighted by Crippen LogP contribution is 2.40. The fourth-order valence-electron chi connectivity index (χ4n) is 2.22. The van der Waals surface area contributed by atoms with E-state index in [-0.39, 0.29) is 6.04 Å². The van der Waals surface area contributed by atoms with Gasteiger partial charge in [0.2, 0.25) is 10.0 Å². The van der Waals surface area contributed by atoms with Crippen molar-refractivity contribution < 1.29 is 8.42 Å². The van der Waals surface area contributed by atoms with Gasteiger partial charge < -0.3 is 0 Å². The maximum Gasteiger partial charge on any atom is 0.243 e. The van der Waals surface area contributed by atoms with Gasteiger partial charge in [0, 0.05) is 11.6 Å². The molecule has 0 spiro atoms. The normalized spacial score (nSPS) is 21.7. The quantitative estimate of drug-likeness (QED) is 0.815. The first-order valence-electron chi connectivity index (χ1n) is 6.32. The summed E-state index contributed by atoms with van der Waals surface area (Å²) >= 11 is 5.95. The van der Waals surface area contributed by atoms with E-state index in [0.29, 0.717) is 16.5 Å². The van der Waals surface area contributed by atoms with Crippen LogP contribution in [0.5, 0.6) is 0 Å². The van der Waals surface area contributed by atoms with Crippen LogP contribution in [0.25, 0.3) is 0 Å². The van der Waals surface area contributed by atoms with Crippen LogP contribution in [-0.2, 0) is 10.0 Å². The van der Waals surface area contributed by atoms with Crippen LogP contribution < -0.4 is 0 Å². The number of benzene rings is 2. The minimum absolute atomic E-state index is 0.0972. The van der Waals surface area contributed by atoms with Gasteiger partial charge in [-0.05, 0) is 36.8 Å². The molecule has 2 atom stereocenters. The number of hydrogen-bond donors (Lipinski definition) is 0. The fraction of sp³-hybridized carbons (Fsp3) is 0.200. The number of halogens is 1. The smallest absolute Gasteiger partial charge is 0.207 e. The second kappa shape index (κ2) is 4.88. The topological polar surface area (TPSA) is 37.1 Å². The molecule has 0 saturated carbocycles. The molecule has 1 aliphatic rings. The molecule has 0 bridgehead atoms. The molecule has 1 saturated heterocycles. The molecule has 104 valence electrons. The first-order chi connectivity index (χ1) is 9.48. The van der Waals surface area contributed by atoms with Crippen molar-refractivity contribution in [3.05, 3.63) is 64.7 Å². The minimum atomic E-state index is -3.40. The van der Waals surface area contributed by atoms with Crippen molar-refractivity contribution in [1.29, 1.82) is 0 Å². The maximum atomic E-state index is 12.5. The van der Waals surface area contributed by atoms with Crippen LogP contribution in [-0.4, -0.2) is 19.3 Å². The van der Waals surface area contributed by atoms with Gasteiger partial charge in [0.25, 0.3) is 0 Å². The van der Waals surface area contributed by atoms with Crippen LogP contribution >= 0.6 is 11.6 Å². The molecule has 2 unspecified atom stereocenters. The van der Waals surface area contributed by atoms with E-state index in [1.807, 2.05) is 37.3 Å². The Kier molecular flexibility index (Phi) is 3.32. The molecular formula is C15H14ClNO2S. The van der Waals surface area contributed by atoms with E-state index < -0.39 is 10.0 Å². The highest BCUT2D eigenvalue weighted by atomic mass is 35.5. The van der Waals surface area contributed by atoms with E-state index in [4.69, 9.17) is 11.6 Å². The van der Waals surface area contributed by atoms with Crippen LogP contribution in [0.3, 0.4) is 0 Å². The number of aryl methyl sites for hydroxylation is 1. The molecule has 0 radical (unpaired) electrons. The molecule has 1 heterocycles. The van der Waals surface area contributed by atoms with Crippen LogP contribution in [0.2, 0.25) is 5.02 Å². The Morgan fingerprint density at radius 3 is 2.50 bits per heavy atom. The zero-order valence-electron chi connectivity index (χ0n) is 11.0. The molecule has 0 aromatic heterocycles. The van der Waals surface area contributed by atoms with Gasteiger partial charge in [-0.3, -0.25) is 0 Å². The first-order valence-corrected chi connectivity index (χ1v) is 8.14. The summed E-state index contributed by atoms with van der Waals surface area (Å²) in [5.41, 5.74) is 1.98. The predicted molar refractivity (Wildman–Crippen MR) is 79.3 cm³/mol. The van der Waals surface area contributed by atoms with Crippen molar-refractivity contribution >= 4 is 21.6 Å². The lowest BCUT2D eigenvalue weighted by Gasteiger charge is -2.07. The monoisotopic (exact) mass is 307 g/mol. The van der Waals surface area contributed by atoms with Crippen molar-refractivity contribution in [3.63, 3.8) is 0 Å². The summed E-state index contributed by atoms with van der Waals surface area (Å²) < 4.78 is 26.4. The summed E-state index contributed by atoms with van der Waals surface area (Å²) in [6.07, 6.45) is 0. The lowest BCUT2D eigenvalue weighted by molar-refractivity contribution is 0.554. The van der Waals surface area contributed by atoms with E-state index in [1.54, 1.807) is 18.2 Å². The number of nitrogens with zero attached hydrogens (tertiary/aromatic N) is 1. The summed E-state index contributed by atoms with van der Waals surface area (Å²) in [4.78, 5) is 0.340. The van der Waals surface area contributed by atoms with Gasteiger partial charge in [0.05, 0.1) is 10.9 Å². The summed E-state index contributed by atoms with van der Waals surface area (Å²) in [5.74, 6) is 0. The largest absolute Gasteiger partial charge is 0.243 e. The zero-order valence-corrected chi connectivity index (χ0v) is 12.5. The fourth-order valence-corrected chi connectivity index (χ4v) is 3.96. The van der Waals surface area contributed by atoms with Gasteiger partial charge >= 0.3 is 0 Å². The Bertz CT molecular complexity index is 741. The van der Waals surface area contributed by atoms with Crippen LogP contribution in [0, 0.1) is 6.92 Å². The molecule has 0 aliphatic carbocycles. The van der Waals surface area contributed by atoms with E-state index in [1.165, 1.54) is 4.31 Å². The third-order valence-corrected chi connectivity index (χ3v) is 5.55. The maximum absolute atomic E-state index is 12.5. The van der Waals surface area contributed by atoms with Crippen molar-refractivity contribution in [3.8, 4) is 0 Å². The summed E-state index contributed by atoms with van der Waals surface area (Å²) in [6.45, 7) is 2.44. The third-order valence-electron chi connectivity index (χ3n) is 3.43. The molecule has 2 aromatic rings. The van der Waals surface area contributed by atoms with Gasteiger partial charge in [0.1, 0.15) is 0 Å². The van der Waals surface area contributed by atoms with Crippen molar-refractivity contribution in [2.75, 3.05) is 6.54 Å². The molecule has 20 heavy (non-hydrogen) atoms. The average Bonchev–Trinajstić information content (AvgIpc) is 3.20. The van der Waals surface area contributed by atoms with E-state index in [9.17, 15) is 8.42 Å².